The van der Waals surface area contributed by atoms with Crippen molar-refractivity contribution in [3.8, 4) is 0 Å². The van der Waals surface area contributed by atoms with Crippen molar-refractivity contribution in [1.29, 1.82) is 0 Å². The van der Waals surface area contributed by atoms with Crippen molar-refractivity contribution < 1.29 is 0 Å². The maximum Gasteiger partial charge on any atom is 0.0208 e. The molecule has 1 aliphatic carbocycles. The standard InChI is InChI=1S/C15H24N2/c1-11-4-5-14(13(3)12(11)2)8-17-10-15(9-16)6-7-15/h4-5,17H,6-10,16H2,1-3H3. The second-order valence-corrected chi connectivity index (χ2v) is 5.60. The number of nitrogens with one attached hydrogen (secondary N) is 1. The van der Waals surface area contributed by atoms with Gasteiger partial charge in [0.05, 0.1) is 0 Å². The smallest absolute Gasteiger partial charge is 0.0208 e. The Kier molecular flexibility index (Phi) is 3.55. The number of rotatable bonds is 5. The van der Waals surface area contributed by atoms with Crippen LogP contribution in [0.4, 0.5) is 0 Å². The second-order valence-electron chi connectivity index (χ2n) is 5.60. The molecule has 0 radical (unpaired) electrons. The summed E-state index contributed by atoms with van der Waals surface area (Å²) in [6.45, 7) is 9.45. The van der Waals surface area contributed by atoms with Crippen LogP contribution in [0.15, 0.2) is 12.1 Å². The molecule has 1 aromatic rings. The van der Waals surface area contributed by atoms with E-state index in [1.165, 1.54) is 35.1 Å². The molecule has 1 fully saturated rings. The van der Waals surface area contributed by atoms with E-state index in [9.17, 15) is 0 Å². The Morgan fingerprint density at radius 1 is 1.18 bits per heavy atom. The molecule has 1 aromatic carbocycles. The number of benzene rings is 1. The lowest BCUT2D eigenvalue weighted by molar-refractivity contribution is 0.467. The maximum absolute atomic E-state index is 5.78. The van der Waals surface area contributed by atoms with Gasteiger partial charge >= 0.3 is 0 Å². The van der Waals surface area contributed by atoms with Crippen molar-refractivity contribution in [2.75, 3.05) is 13.1 Å². The van der Waals surface area contributed by atoms with Crippen LogP contribution >= 0.6 is 0 Å². The lowest BCUT2D eigenvalue weighted by Gasteiger charge is -2.15. The summed E-state index contributed by atoms with van der Waals surface area (Å²) in [4.78, 5) is 0. The normalized spacial score (nSPS) is 17.2. The number of hydrogen-bond donors (Lipinski definition) is 2. The van der Waals surface area contributed by atoms with Crippen LogP contribution in [0.25, 0.3) is 0 Å². The molecule has 17 heavy (non-hydrogen) atoms. The zero-order valence-corrected chi connectivity index (χ0v) is 11.3. The van der Waals surface area contributed by atoms with Gasteiger partial charge in [-0.3, -0.25) is 0 Å². The zero-order chi connectivity index (χ0) is 12.5. The molecule has 0 unspecified atom stereocenters. The molecule has 0 heterocycles. The Labute approximate surface area is 105 Å². The van der Waals surface area contributed by atoms with E-state index in [4.69, 9.17) is 5.73 Å². The van der Waals surface area contributed by atoms with Gasteiger partial charge in [0.25, 0.3) is 0 Å². The average Bonchev–Trinajstić information content (AvgIpc) is 3.10. The largest absolute Gasteiger partial charge is 0.330 e. The highest BCUT2D eigenvalue weighted by molar-refractivity contribution is 5.38. The summed E-state index contributed by atoms with van der Waals surface area (Å²) >= 11 is 0. The molecule has 2 nitrogen and oxygen atoms in total. The molecule has 1 aliphatic rings. The van der Waals surface area contributed by atoms with Gasteiger partial charge in [0, 0.05) is 13.1 Å². The van der Waals surface area contributed by atoms with Crippen LogP contribution in [0, 0.1) is 26.2 Å². The quantitative estimate of drug-likeness (QED) is 0.818. The molecule has 0 atom stereocenters. The van der Waals surface area contributed by atoms with E-state index in [1.54, 1.807) is 0 Å². The molecule has 0 spiro atoms. The Hall–Kier alpha value is -0.860. The van der Waals surface area contributed by atoms with Gasteiger partial charge in [0.2, 0.25) is 0 Å². The first kappa shape index (κ1) is 12.6. The fourth-order valence-electron chi connectivity index (χ4n) is 2.30. The summed E-state index contributed by atoms with van der Waals surface area (Å²) in [6.07, 6.45) is 2.59. The van der Waals surface area contributed by atoms with Gasteiger partial charge in [-0.25, -0.2) is 0 Å². The van der Waals surface area contributed by atoms with E-state index in [2.05, 4.69) is 38.2 Å². The van der Waals surface area contributed by atoms with Crippen LogP contribution in [0.1, 0.15) is 35.1 Å². The third-order valence-corrected chi connectivity index (χ3v) is 4.38. The first-order chi connectivity index (χ1) is 8.08. The van der Waals surface area contributed by atoms with Crippen LogP contribution in [-0.2, 0) is 6.54 Å². The molecule has 0 bridgehead atoms. The van der Waals surface area contributed by atoms with Crippen molar-refractivity contribution in [1.82, 2.24) is 5.32 Å². The Bertz CT molecular complexity index is 406. The van der Waals surface area contributed by atoms with Gasteiger partial charge in [-0.2, -0.15) is 0 Å². The van der Waals surface area contributed by atoms with Gasteiger partial charge < -0.3 is 11.1 Å². The van der Waals surface area contributed by atoms with Gasteiger partial charge in [-0.05, 0) is 67.8 Å². The minimum atomic E-state index is 0.424. The summed E-state index contributed by atoms with van der Waals surface area (Å²) in [5.41, 5.74) is 11.9. The van der Waals surface area contributed by atoms with E-state index in [1.807, 2.05) is 0 Å². The summed E-state index contributed by atoms with van der Waals surface area (Å²) < 4.78 is 0. The average molecular weight is 232 g/mol. The van der Waals surface area contributed by atoms with Crippen LogP contribution in [0.5, 0.6) is 0 Å². The third kappa shape index (κ3) is 2.70. The molecule has 0 aliphatic heterocycles. The SMILES string of the molecule is Cc1ccc(CNCC2(CN)CC2)c(C)c1C. The topological polar surface area (TPSA) is 38.0 Å². The minimum Gasteiger partial charge on any atom is -0.330 e. The molecule has 2 rings (SSSR count). The number of hydrogen-bond acceptors (Lipinski definition) is 2. The highest BCUT2D eigenvalue weighted by Gasteiger charge is 2.40. The first-order valence-corrected chi connectivity index (χ1v) is 6.54. The Balaban J connectivity index is 1.93. The summed E-state index contributed by atoms with van der Waals surface area (Å²) in [7, 11) is 0. The van der Waals surface area contributed by atoms with Crippen LogP contribution < -0.4 is 11.1 Å². The second kappa shape index (κ2) is 4.79. The van der Waals surface area contributed by atoms with E-state index in [0.717, 1.165) is 19.6 Å². The van der Waals surface area contributed by atoms with Crippen molar-refractivity contribution >= 4 is 0 Å². The third-order valence-electron chi connectivity index (χ3n) is 4.38. The van der Waals surface area contributed by atoms with E-state index < -0.39 is 0 Å². The van der Waals surface area contributed by atoms with Crippen molar-refractivity contribution in [2.45, 2.75) is 40.2 Å². The van der Waals surface area contributed by atoms with Crippen LogP contribution in [0.2, 0.25) is 0 Å². The van der Waals surface area contributed by atoms with E-state index >= 15 is 0 Å². The highest BCUT2D eigenvalue weighted by Crippen LogP contribution is 2.43. The van der Waals surface area contributed by atoms with Crippen molar-refractivity contribution in [2.24, 2.45) is 11.1 Å². The molecule has 0 aromatic heterocycles. The summed E-state index contributed by atoms with van der Waals surface area (Å²) in [6, 6.07) is 4.46. The van der Waals surface area contributed by atoms with Crippen LogP contribution in [-0.4, -0.2) is 13.1 Å². The molecule has 1 saturated carbocycles. The fourth-order valence-corrected chi connectivity index (χ4v) is 2.30. The minimum absolute atomic E-state index is 0.424. The van der Waals surface area contributed by atoms with Crippen LogP contribution in [0.3, 0.4) is 0 Å². The molecular formula is C15H24N2. The van der Waals surface area contributed by atoms with E-state index in [-0.39, 0.29) is 0 Å². The van der Waals surface area contributed by atoms with Gasteiger partial charge in [0.1, 0.15) is 0 Å². The van der Waals surface area contributed by atoms with Crippen molar-refractivity contribution in [3.05, 3.63) is 34.4 Å². The predicted octanol–water partition coefficient (Wildman–Crippen LogP) is 2.44. The monoisotopic (exact) mass is 232 g/mol. The highest BCUT2D eigenvalue weighted by atomic mass is 14.9. The lowest BCUT2D eigenvalue weighted by atomic mass is 9.98. The Morgan fingerprint density at radius 2 is 1.88 bits per heavy atom. The van der Waals surface area contributed by atoms with E-state index in [0.29, 0.717) is 5.41 Å². The number of nitrogens with two attached hydrogens (primary N) is 1. The molecule has 2 heteroatoms. The first-order valence-electron chi connectivity index (χ1n) is 6.54. The zero-order valence-electron chi connectivity index (χ0n) is 11.3. The predicted molar refractivity (Wildman–Crippen MR) is 73.1 cm³/mol. The maximum atomic E-state index is 5.78. The van der Waals surface area contributed by atoms with Gasteiger partial charge in [0.15, 0.2) is 0 Å². The Morgan fingerprint density at radius 3 is 2.47 bits per heavy atom. The van der Waals surface area contributed by atoms with Crippen molar-refractivity contribution in [3.63, 3.8) is 0 Å². The molecular weight excluding hydrogens is 208 g/mol. The molecule has 3 N–H and O–H groups in total. The molecule has 0 amide bonds. The number of aryl methyl sites for hydroxylation is 1. The summed E-state index contributed by atoms with van der Waals surface area (Å²) in [5.74, 6) is 0. The van der Waals surface area contributed by atoms with Gasteiger partial charge in [-0.15, -0.1) is 0 Å². The lowest BCUT2D eigenvalue weighted by Crippen LogP contribution is -2.29. The van der Waals surface area contributed by atoms with Gasteiger partial charge in [-0.1, -0.05) is 12.1 Å². The molecule has 0 saturated heterocycles. The molecule has 94 valence electrons. The summed E-state index contributed by atoms with van der Waals surface area (Å²) in [5, 5.41) is 3.56. The fraction of sp³-hybridized carbons (Fsp3) is 0.600.